The largest absolute Gasteiger partial charge is 0.488 e. The van der Waals surface area contributed by atoms with E-state index in [9.17, 15) is 9.59 Å². The molecule has 0 spiro atoms. The number of aryl methyl sites for hydroxylation is 1. The summed E-state index contributed by atoms with van der Waals surface area (Å²) in [5.74, 6) is -0.230. The van der Waals surface area contributed by atoms with Crippen LogP contribution in [0.15, 0.2) is 52.5 Å². The smallest absolute Gasteiger partial charge is 0.338 e. The van der Waals surface area contributed by atoms with Crippen LogP contribution >= 0.6 is 15.9 Å². The van der Waals surface area contributed by atoms with Crippen LogP contribution < -0.4 is 10.1 Å². The standard InChI is InChI=1S/C19H16BrNO4/c1-12-8-15(6-7-16(12)20)21-18(22)11-25-19(23)14-9-13-4-2-3-5-17(13)24-10-14/h2-9H,10-11H2,1H3,(H,21,22). The number of halogens is 1. The number of benzene rings is 2. The fourth-order valence-corrected chi connectivity index (χ4v) is 2.62. The molecule has 25 heavy (non-hydrogen) atoms. The summed E-state index contributed by atoms with van der Waals surface area (Å²) in [5, 5.41) is 2.70. The van der Waals surface area contributed by atoms with Gasteiger partial charge in [-0.1, -0.05) is 34.1 Å². The summed E-state index contributed by atoms with van der Waals surface area (Å²) >= 11 is 3.40. The van der Waals surface area contributed by atoms with Crippen LogP contribution in [0.2, 0.25) is 0 Å². The van der Waals surface area contributed by atoms with Crippen molar-refractivity contribution in [3.63, 3.8) is 0 Å². The number of rotatable bonds is 4. The van der Waals surface area contributed by atoms with Gasteiger partial charge in [-0.3, -0.25) is 4.79 Å². The highest BCUT2D eigenvalue weighted by Crippen LogP contribution is 2.26. The molecule has 1 heterocycles. The van der Waals surface area contributed by atoms with Crippen molar-refractivity contribution in [2.24, 2.45) is 0 Å². The molecule has 1 aliphatic rings. The van der Waals surface area contributed by atoms with Crippen LogP contribution in [-0.4, -0.2) is 25.1 Å². The molecule has 1 N–H and O–H groups in total. The van der Waals surface area contributed by atoms with Gasteiger partial charge in [0.25, 0.3) is 5.91 Å². The second kappa shape index (κ2) is 7.53. The molecule has 2 aromatic carbocycles. The van der Waals surface area contributed by atoms with Crippen LogP contribution in [0.3, 0.4) is 0 Å². The van der Waals surface area contributed by atoms with Crippen LogP contribution in [0.4, 0.5) is 5.69 Å². The zero-order chi connectivity index (χ0) is 17.8. The lowest BCUT2D eigenvalue weighted by Gasteiger charge is -2.16. The van der Waals surface area contributed by atoms with Gasteiger partial charge in [0.1, 0.15) is 12.4 Å². The Bertz CT molecular complexity index is 860. The quantitative estimate of drug-likeness (QED) is 0.792. The predicted octanol–water partition coefficient (Wildman–Crippen LogP) is 3.72. The summed E-state index contributed by atoms with van der Waals surface area (Å²) in [7, 11) is 0. The molecular weight excluding hydrogens is 386 g/mol. The number of carbonyl (C=O) groups is 2. The number of amides is 1. The van der Waals surface area contributed by atoms with Gasteiger partial charge in [-0.05, 0) is 42.8 Å². The molecule has 0 atom stereocenters. The van der Waals surface area contributed by atoms with Gasteiger partial charge in [-0.25, -0.2) is 4.79 Å². The summed E-state index contributed by atoms with van der Waals surface area (Å²) in [6, 6.07) is 12.9. The molecule has 5 nitrogen and oxygen atoms in total. The predicted molar refractivity (Wildman–Crippen MR) is 98.4 cm³/mol. The van der Waals surface area contributed by atoms with E-state index < -0.39 is 11.9 Å². The molecule has 0 fully saturated rings. The first-order chi connectivity index (χ1) is 12.0. The lowest BCUT2D eigenvalue weighted by Crippen LogP contribution is -2.23. The van der Waals surface area contributed by atoms with Crippen LogP contribution in [0, 0.1) is 6.92 Å². The SMILES string of the molecule is Cc1cc(NC(=O)COC(=O)C2=Cc3ccccc3OC2)ccc1Br. The van der Waals surface area contributed by atoms with E-state index in [2.05, 4.69) is 21.2 Å². The minimum atomic E-state index is -0.559. The second-order valence-electron chi connectivity index (χ2n) is 5.58. The molecule has 0 unspecified atom stereocenters. The fourth-order valence-electron chi connectivity index (χ4n) is 2.38. The number of anilines is 1. The highest BCUT2D eigenvalue weighted by molar-refractivity contribution is 9.10. The molecule has 2 aromatic rings. The average Bonchev–Trinajstić information content (AvgIpc) is 2.62. The maximum Gasteiger partial charge on any atom is 0.338 e. The minimum Gasteiger partial charge on any atom is -0.488 e. The first-order valence-electron chi connectivity index (χ1n) is 7.68. The summed E-state index contributed by atoms with van der Waals surface area (Å²) in [4.78, 5) is 24.1. The van der Waals surface area contributed by atoms with Crippen molar-refractivity contribution in [3.05, 3.63) is 63.6 Å². The van der Waals surface area contributed by atoms with E-state index in [-0.39, 0.29) is 13.2 Å². The first kappa shape index (κ1) is 17.2. The van der Waals surface area contributed by atoms with Crippen LogP contribution in [0.5, 0.6) is 5.75 Å². The highest BCUT2D eigenvalue weighted by Gasteiger charge is 2.19. The Kier molecular flexibility index (Phi) is 5.19. The van der Waals surface area contributed by atoms with Crippen molar-refractivity contribution in [2.45, 2.75) is 6.92 Å². The third-order valence-corrected chi connectivity index (χ3v) is 4.56. The molecule has 0 bridgehead atoms. The van der Waals surface area contributed by atoms with Gasteiger partial charge in [0.2, 0.25) is 0 Å². The molecule has 0 saturated heterocycles. The van der Waals surface area contributed by atoms with E-state index in [1.165, 1.54) is 0 Å². The topological polar surface area (TPSA) is 64.6 Å². The van der Waals surface area contributed by atoms with Crippen molar-refractivity contribution in [2.75, 3.05) is 18.5 Å². The summed E-state index contributed by atoms with van der Waals surface area (Å²) in [6.07, 6.45) is 1.72. The van der Waals surface area contributed by atoms with E-state index in [0.717, 1.165) is 21.3 Å². The molecule has 3 rings (SSSR count). The number of fused-ring (bicyclic) bond motifs is 1. The third kappa shape index (κ3) is 4.28. The van der Waals surface area contributed by atoms with Crippen LogP contribution in [0.1, 0.15) is 11.1 Å². The van der Waals surface area contributed by atoms with E-state index in [1.54, 1.807) is 12.1 Å². The number of hydrogen-bond acceptors (Lipinski definition) is 4. The Balaban J connectivity index is 1.56. The number of para-hydroxylation sites is 1. The van der Waals surface area contributed by atoms with Gasteiger partial charge in [0, 0.05) is 15.7 Å². The molecule has 1 aliphatic heterocycles. The number of esters is 1. The van der Waals surface area contributed by atoms with Gasteiger partial charge in [-0.2, -0.15) is 0 Å². The lowest BCUT2D eigenvalue weighted by atomic mass is 10.1. The normalized spacial score (nSPS) is 12.5. The maximum atomic E-state index is 12.1. The van der Waals surface area contributed by atoms with E-state index in [1.807, 2.05) is 43.3 Å². The van der Waals surface area contributed by atoms with Crippen molar-refractivity contribution in [3.8, 4) is 5.75 Å². The Morgan fingerprint density at radius 2 is 2.04 bits per heavy atom. The number of nitrogens with one attached hydrogen (secondary N) is 1. The third-order valence-electron chi connectivity index (χ3n) is 3.67. The Labute approximate surface area is 153 Å². The fraction of sp³-hybridized carbons (Fsp3) is 0.158. The van der Waals surface area contributed by atoms with Gasteiger partial charge in [0.15, 0.2) is 6.61 Å². The van der Waals surface area contributed by atoms with Crippen LogP contribution in [0.25, 0.3) is 6.08 Å². The maximum absolute atomic E-state index is 12.1. The Morgan fingerprint density at radius 3 is 2.84 bits per heavy atom. The molecule has 0 saturated carbocycles. The second-order valence-corrected chi connectivity index (χ2v) is 6.44. The minimum absolute atomic E-state index is 0.128. The summed E-state index contributed by atoms with van der Waals surface area (Å²) < 4.78 is 11.5. The number of carbonyl (C=O) groups excluding carboxylic acids is 2. The Morgan fingerprint density at radius 1 is 1.24 bits per heavy atom. The molecule has 0 aliphatic carbocycles. The lowest BCUT2D eigenvalue weighted by molar-refractivity contribution is -0.143. The summed E-state index contributed by atoms with van der Waals surface area (Å²) in [6.45, 7) is 1.70. The molecule has 128 valence electrons. The van der Waals surface area contributed by atoms with Crippen molar-refractivity contribution in [1.29, 1.82) is 0 Å². The Hall–Kier alpha value is -2.60. The van der Waals surface area contributed by atoms with Crippen LogP contribution in [-0.2, 0) is 14.3 Å². The van der Waals surface area contributed by atoms with E-state index in [0.29, 0.717) is 11.3 Å². The van der Waals surface area contributed by atoms with Gasteiger partial charge in [0.05, 0.1) is 5.57 Å². The number of hydrogen-bond donors (Lipinski definition) is 1. The monoisotopic (exact) mass is 401 g/mol. The molecular formula is C19H16BrNO4. The van der Waals surface area contributed by atoms with E-state index >= 15 is 0 Å². The van der Waals surface area contributed by atoms with Gasteiger partial charge >= 0.3 is 5.97 Å². The van der Waals surface area contributed by atoms with Gasteiger partial charge < -0.3 is 14.8 Å². The zero-order valence-corrected chi connectivity index (χ0v) is 15.1. The van der Waals surface area contributed by atoms with Gasteiger partial charge in [-0.15, -0.1) is 0 Å². The average molecular weight is 402 g/mol. The molecule has 0 aromatic heterocycles. The number of ether oxygens (including phenoxy) is 2. The van der Waals surface area contributed by atoms with Crippen molar-refractivity contribution >= 4 is 39.6 Å². The molecule has 0 radical (unpaired) electrons. The van der Waals surface area contributed by atoms with Crippen molar-refractivity contribution in [1.82, 2.24) is 0 Å². The zero-order valence-electron chi connectivity index (χ0n) is 13.5. The molecule has 1 amide bonds. The summed E-state index contributed by atoms with van der Waals surface area (Å²) in [5.41, 5.74) is 2.84. The van der Waals surface area contributed by atoms with E-state index in [4.69, 9.17) is 9.47 Å². The highest BCUT2D eigenvalue weighted by atomic mass is 79.9. The first-order valence-corrected chi connectivity index (χ1v) is 8.48. The molecule has 6 heteroatoms. The van der Waals surface area contributed by atoms with Crippen molar-refractivity contribution < 1.29 is 19.1 Å².